The lowest BCUT2D eigenvalue weighted by molar-refractivity contribution is -0.888. The van der Waals surface area contributed by atoms with Crippen molar-refractivity contribution in [2.75, 3.05) is 59.9 Å². The van der Waals surface area contributed by atoms with E-state index >= 15 is 0 Å². The Bertz CT molecular complexity index is 145. The monoisotopic (exact) mass is 186 g/mol. The highest BCUT2D eigenvalue weighted by atomic mass is 15.3. The number of nitrogens with zero attached hydrogens (tertiary/aromatic N) is 2. The van der Waals surface area contributed by atoms with Crippen molar-refractivity contribution in [1.82, 2.24) is 10.2 Å². The molecule has 0 unspecified atom stereocenters. The maximum Gasteiger partial charge on any atom is 0.0912 e. The molecule has 13 heavy (non-hydrogen) atoms. The van der Waals surface area contributed by atoms with Gasteiger partial charge in [0.2, 0.25) is 0 Å². The molecule has 0 spiro atoms. The molecule has 0 saturated carbocycles. The molecule has 1 aliphatic rings. The molecular weight excluding hydrogens is 162 g/mol. The quantitative estimate of drug-likeness (QED) is 0.579. The van der Waals surface area contributed by atoms with Crippen molar-refractivity contribution >= 4 is 0 Å². The average molecular weight is 186 g/mol. The number of rotatable bonds is 1. The second kappa shape index (κ2) is 4.94. The zero-order chi connectivity index (χ0) is 9.73. The molecule has 78 valence electrons. The van der Waals surface area contributed by atoms with Gasteiger partial charge >= 0.3 is 0 Å². The Morgan fingerprint density at radius 3 is 2.62 bits per heavy atom. The number of likely N-dealkylation sites (N-methyl/N-ethyl adjacent to an activating group) is 2. The average Bonchev–Trinajstić information content (AvgIpc) is 2.16. The molecule has 0 bridgehead atoms. The highest BCUT2D eigenvalue weighted by molar-refractivity contribution is 4.60. The van der Waals surface area contributed by atoms with Crippen LogP contribution in [-0.4, -0.2) is 69.3 Å². The third kappa shape index (κ3) is 4.07. The Morgan fingerprint density at radius 2 is 1.92 bits per heavy atom. The molecule has 1 rings (SSSR count). The number of quaternary nitrogens is 1. The normalized spacial score (nSPS) is 26.1. The van der Waals surface area contributed by atoms with Crippen molar-refractivity contribution in [3.8, 4) is 0 Å². The van der Waals surface area contributed by atoms with Gasteiger partial charge in [-0.1, -0.05) is 6.92 Å². The summed E-state index contributed by atoms with van der Waals surface area (Å²) in [5, 5.41) is 3.49. The van der Waals surface area contributed by atoms with E-state index in [-0.39, 0.29) is 0 Å². The van der Waals surface area contributed by atoms with E-state index in [0.717, 1.165) is 17.6 Å². The van der Waals surface area contributed by atoms with Gasteiger partial charge in [-0.05, 0) is 6.54 Å². The lowest BCUT2D eigenvalue weighted by Gasteiger charge is -2.30. The van der Waals surface area contributed by atoms with Crippen LogP contribution in [0.15, 0.2) is 0 Å². The summed E-state index contributed by atoms with van der Waals surface area (Å²) in [5.74, 6) is 0. The molecule has 1 aliphatic heterocycles. The molecule has 3 nitrogen and oxygen atoms in total. The van der Waals surface area contributed by atoms with E-state index in [1.165, 1.54) is 32.7 Å². The smallest absolute Gasteiger partial charge is 0.0912 e. The van der Waals surface area contributed by atoms with Crippen molar-refractivity contribution in [2.24, 2.45) is 0 Å². The molecule has 0 radical (unpaired) electrons. The topological polar surface area (TPSA) is 15.3 Å². The van der Waals surface area contributed by atoms with Crippen molar-refractivity contribution < 1.29 is 4.48 Å². The third-order valence-corrected chi connectivity index (χ3v) is 2.97. The van der Waals surface area contributed by atoms with Gasteiger partial charge in [0.25, 0.3) is 0 Å². The van der Waals surface area contributed by atoms with Crippen molar-refractivity contribution in [3.05, 3.63) is 0 Å². The van der Waals surface area contributed by atoms with Gasteiger partial charge in [0.15, 0.2) is 0 Å². The molecule has 0 aromatic heterocycles. The van der Waals surface area contributed by atoms with Gasteiger partial charge in [-0.3, -0.25) is 4.90 Å². The van der Waals surface area contributed by atoms with Crippen LogP contribution in [0, 0.1) is 0 Å². The van der Waals surface area contributed by atoms with Crippen LogP contribution in [0.2, 0.25) is 0 Å². The van der Waals surface area contributed by atoms with E-state index in [4.69, 9.17) is 0 Å². The van der Waals surface area contributed by atoms with Gasteiger partial charge in [-0.25, -0.2) is 0 Å². The predicted octanol–water partition coefficient (Wildman–Crippen LogP) is -0.0121. The molecule has 0 amide bonds. The highest BCUT2D eigenvalue weighted by Gasteiger charge is 2.17. The van der Waals surface area contributed by atoms with Gasteiger partial charge in [-0.15, -0.1) is 0 Å². The minimum Gasteiger partial charge on any atom is -0.326 e. The SMILES string of the molecule is CCN1CCNCC[N+](C)(C)CC1. The second-order valence-corrected chi connectivity index (χ2v) is 4.57. The first-order chi connectivity index (χ1) is 6.14. The van der Waals surface area contributed by atoms with Crippen molar-refractivity contribution in [1.29, 1.82) is 0 Å². The van der Waals surface area contributed by atoms with Crippen LogP contribution in [0.25, 0.3) is 0 Å². The van der Waals surface area contributed by atoms with Gasteiger partial charge in [0, 0.05) is 26.2 Å². The van der Waals surface area contributed by atoms with Gasteiger partial charge < -0.3 is 9.80 Å². The van der Waals surface area contributed by atoms with Gasteiger partial charge in [0.1, 0.15) is 0 Å². The van der Waals surface area contributed by atoms with Crippen LogP contribution in [0.3, 0.4) is 0 Å². The van der Waals surface area contributed by atoms with Crippen LogP contribution in [0.1, 0.15) is 6.92 Å². The standard InChI is InChI=1S/C10H24N3/c1-4-12-7-5-11-6-9-13(2,3)10-8-12/h11H,4-10H2,1-3H3/q+1. The first-order valence-electron chi connectivity index (χ1n) is 5.39. The maximum atomic E-state index is 3.49. The fraction of sp³-hybridized carbons (Fsp3) is 1.00. The molecule has 1 heterocycles. The lowest BCUT2D eigenvalue weighted by atomic mass is 10.4. The summed E-state index contributed by atoms with van der Waals surface area (Å²) in [6.07, 6.45) is 0. The zero-order valence-corrected chi connectivity index (χ0v) is 9.34. The second-order valence-electron chi connectivity index (χ2n) is 4.57. The molecule has 0 aromatic carbocycles. The molecule has 1 saturated heterocycles. The van der Waals surface area contributed by atoms with Crippen molar-refractivity contribution in [3.63, 3.8) is 0 Å². The summed E-state index contributed by atoms with van der Waals surface area (Å²) < 4.78 is 1.14. The molecule has 1 N–H and O–H groups in total. The number of nitrogens with one attached hydrogen (secondary N) is 1. The molecule has 1 fully saturated rings. The Morgan fingerprint density at radius 1 is 1.15 bits per heavy atom. The molecule has 3 heteroatoms. The largest absolute Gasteiger partial charge is 0.326 e. The molecule has 0 atom stereocenters. The van der Waals surface area contributed by atoms with E-state index in [0.29, 0.717) is 0 Å². The fourth-order valence-electron chi connectivity index (χ4n) is 1.70. The number of hydrogen-bond donors (Lipinski definition) is 1. The molecule has 0 aromatic rings. The van der Waals surface area contributed by atoms with Crippen LogP contribution in [0.5, 0.6) is 0 Å². The maximum absolute atomic E-state index is 3.49. The Balaban J connectivity index is 2.43. The van der Waals surface area contributed by atoms with Crippen LogP contribution in [-0.2, 0) is 0 Å². The minimum atomic E-state index is 1.14. The van der Waals surface area contributed by atoms with Gasteiger partial charge in [0.05, 0.1) is 27.2 Å². The highest BCUT2D eigenvalue weighted by Crippen LogP contribution is 1.99. The first kappa shape index (κ1) is 11.0. The Labute approximate surface area is 82.3 Å². The lowest BCUT2D eigenvalue weighted by Crippen LogP contribution is -2.46. The summed E-state index contributed by atoms with van der Waals surface area (Å²) in [4.78, 5) is 2.53. The predicted molar refractivity (Wildman–Crippen MR) is 56.8 cm³/mol. The summed E-state index contributed by atoms with van der Waals surface area (Å²) in [5.41, 5.74) is 0. The van der Waals surface area contributed by atoms with E-state index in [2.05, 4.69) is 31.2 Å². The summed E-state index contributed by atoms with van der Waals surface area (Å²) >= 11 is 0. The molecular formula is C10H24N3+. The van der Waals surface area contributed by atoms with E-state index < -0.39 is 0 Å². The van der Waals surface area contributed by atoms with Crippen LogP contribution < -0.4 is 5.32 Å². The Hall–Kier alpha value is -0.120. The summed E-state index contributed by atoms with van der Waals surface area (Å²) in [6, 6.07) is 0. The number of hydrogen-bond acceptors (Lipinski definition) is 2. The van der Waals surface area contributed by atoms with Gasteiger partial charge in [-0.2, -0.15) is 0 Å². The van der Waals surface area contributed by atoms with E-state index in [9.17, 15) is 0 Å². The van der Waals surface area contributed by atoms with E-state index in [1.807, 2.05) is 0 Å². The third-order valence-electron chi connectivity index (χ3n) is 2.97. The van der Waals surface area contributed by atoms with E-state index in [1.54, 1.807) is 0 Å². The summed E-state index contributed by atoms with van der Waals surface area (Å²) in [6.45, 7) is 10.7. The zero-order valence-electron chi connectivity index (χ0n) is 9.34. The minimum absolute atomic E-state index is 1.14. The Kier molecular flexibility index (Phi) is 4.16. The van der Waals surface area contributed by atoms with Crippen LogP contribution >= 0.6 is 0 Å². The fourth-order valence-corrected chi connectivity index (χ4v) is 1.70. The van der Waals surface area contributed by atoms with Crippen LogP contribution in [0.4, 0.5) is 0 Å². The molecule has 0 aliphatic carbocycles. The first-order valence-corrected chi connectivity index (χ1v) is 5.39. The van der Waals surface area contributed by atoms with Crippen molar-refractivity contribution in [2.45, 2.75) is 6.92 Å². The summed E-state index contributed by atoms with van der Waals surface area (Å²) in [7, 11) is 4.64.